The maximum Gasteiger partial charge on any atom is 0.417 e. The maximum absolute atomic E-state index is 12.6. The van der Waals surface area contributed by atoms with Gasteiger partial charge in [-0.05, 0) is 39.7 Å². The fourth-order valence-electron chi connectivity index (χ4n) is 3.05. The summed E-state index contributed by atoms with van der Waals surface area (Å²) >= 11 is 6.81. The molecule has 1 aromatic rings. The first-order valence-electron chi connectivity index (χ1n) is 7.17. The van der Waals surface area contributed by atoms with E-state index in [2.05, 4.69) is 0 Å². The van der Waals surface area contributed by atoms with Crippen LogP contribution in [0.5, 0.6) is 0 Å². The number of para-hydroxylation sites is 1. The third-order valence-corrected chi connectivity index (χ3v) is 4.46. The summed E-state index contributed by atoms with van der Waals surface area (Å²) in [5.74, 6) is 0. The summed E-state index contributed by atoms with van der Waals surface area (Å²) in [7, 11) is 0. The maximum atomic E-state index is 12.6. The first-order chi connectivity index (χ1) is 9.74. The highest BCUT2D eigenvalue weighted by atomic mass is 35.5. The summed E-state index contributed by atoms with van der Waals surface area (Å²) in [6, 6.07) is 5.91. The zero-order valence-electron chi connectivity index (χ0n) is 12.8. The van der Waals surface area contributed by atoms with Crippen molar-refractivity contribution in [1.82, 2.24) is 0 Å². The molecule has 0 N–H and O–H groups in total. The second-order valence-electron chi connectivity index (χ2n) is 6.66. The minimum atomic E-state index is -0.668. The number of carbonyl (C=O) groups excluding carboxylic acids is 1. The second-order valence-corrected chi connectivity index (χ2v) is 7.33. The lowest BCUT2D eigenvalue weighted by atomic mass is 9.96. The molecule has 0 aromatic heterocycles. The smallest absolute Gasteiger partial charge is 0.417 e. The molecule has 114 valence electrons. The fraction of sp³-hybridized carbons (Fsp3) is 0.562. The first-order valence-corrected chi connectivity index (χ1v) is 7.55. The van der Waals surface area contributed by atoms with Gasteiger partial charge in [-0.25, -0.2) is 9.69 Å². The summed E-state index contributed by atoms with van der Waals surface area (Å²) in [5.41, 5.74) is 2.22. The third kappa shape index (κ3) is 2.21. The molecular weight excluding hydrogens is 290 g/mol. The molecule has 0 saturated carbocycles. The number of amides is 1. The van der Waals surface area contributed by atoms with E-state index in [4.69, 9.17) is 21.1 Å². The van der Waals surface area contributed by atoms with E-state index in [1.54, 1.807) is 4.90 Å². The molecule has 1 aromatic carbocycles. The summed E-state index contributed by atoms with van der Waals surface area (Å²) in [5, 5.41) is 0. The third-order valence-electron chi connectivity index (χ3n) is 3.88. The lowest BCUT2D eigenvalue weighted by molar-refractivity contribution is 0.0404. The van der Waals surface area contributed by atoms with Gasteiger partial charge in [-0.1, -0.05) is 18.2 Å². The predicted molar refractivity (Wildman–Crippen MR) is 81.8 cm³/mol. The number of hydrogen-bond acceptors (Lipinski definition) is 3. The average Bonchev–Trinajstić information content (AvgIpc) is 2.82. The van der Waals surface area contributed by atoms with Crippen LogP contribution in [0, 0.1) is 6.92 Å². The topological polar surface area (TPSA) is 38.8 Å². The normalized spacial score (nSPS) is 27.5. The Labute approximate surface area is 130 Å². The van der Waals surface area contributed by atoms with Crippen molar-refractivity contribution in [2.45, 2.75) is 50.8 Å². The molecule has 1 amide bonds. The van der Waals surface area contributed by atoms with E-state index in [1.807, 2.05) is 45.9 Å². The monoisotopic (exact) mass is 309 g/mol. The number of fused-ring (bicyclic) bond motifs is 3. The number of nitrogens with zero attached hydrogens (tertiary/aromatic N) is 1. The van der Waals surface area contributed by atoms with E-state index in [1.165, 1.54) is 0 Å². The van der Waals surface area contributed by atoms with Gasteiger partial charge in [0.15, 0.2) is 6.23 Å². The van der Waals surface area contributed by atoms with Crippen molar-refractivity contribution in [3.05, 3.63) is 29.3 Å². The van der Waals surface area contributed by atoms with Crippen molar-refractivity contribution in [2.24, 2.45) is 0 Å². The molecule has 2 atom stereocenters. The lowest BCUT2D eigenvalue weighted by Gasteiger charge is -2.30. The molecule has 4 nitrogen and oxygen atoms in total. The van der Waals surface area contributed by atoms with Crippen LogP contribution in [0.2, 0.25) is 0 Å². The van der Waals surface area contributed by atoms with Crippen molar-refractivity contribution in [3.63, 3.8) is 0 Å². The van der Waals surface area contributed by atoms with Gasteiger partial charge in [-0.15, -0.1) is 11.6 Å². The standard InChI is InChI=1S/C16H20ClNO3/c1-10-6-5-7-11-12(10)18(14(19)21-15(2,3)4)13-16(11,17)8-9-20-13/h5-7,13H,8-9H2,1-4H3/t13-,16+/m0/s1. The van der Waals surface area contributed by atoms with Crippen LogP contribution in [-0.2, 0) is 14.3 Å². The number of carbonyl (C=O) groups is 1. The van der Waals surface area contributed by atoms with Crippen LogP contribution in [0.4, 0.5) is 10.5 Å². The molecular formula is C16H20ClNO3. The van der Waals surface area contributed by atoms with Gasteiger partial charge in [-0.3, -0.25) is 0 Å². The molecule has 21 heavy (non-hydrogen) atoms. The Kier molecular flexibility index (Phi) is 3.22. The highest BCUT2D eigenvalue weighted by Gasteiger charge is 2.57. The molecule has 1 fully saturated rings. The van der Waals surface area contributed by atoms with E-state index in [9.17, 15) is 4.79 Å². The van der Waals surface area contributed by atoms with Crippen LogP contribution in [-0.4, -0.2) is 24.5 Å². The Morgan fingerprint density at radius 3 is 2.86 bits per heavy atom. The number of ether oxygens (including phenoxy) is 2. The van der Waals surface area contributed by atoms with E-state index >= 15 is 0 Å². The van der Waals surface area contributed by atoms with Gasteiger partial charge in [0.1, 0.15) is 10.5 Å². The van der Waals surface area contributed by atoms with Crippen LogP contribution in [0.3, 0.4) is 0 Å². The fourth-order valence-corrected chi connectivity index (χ4v) is 3.44. The number of alkyl halides is 1. The number of hydrogen-bond donors (Lipinski definition) is 0. The Morgan fingerprint density at radius 2 is 2.19 bits per heavy atom. The van der Waals surface area contributed by atoms with Crippen molar-refractivity contribution in [3.8, 4) is 0 Å². The van der Waals surface area contributed by atoms with E-state index in [0.717, 1.165) is 16.8 Å². The second kappa shape index (κ2) is 4.62. The van der Waals surface area contributed by atoms with Crippen LogP contribution in [0.1, 0.15) is 38.3 Å². The minimum absolute atomic E-state index is 0.410. The van der Waals surface area contributed by atoms with Crippen molar-refractivity contribution < 1.29 is 14.3 Å². The Bertz CT molecular complexity index is 596. The van der Waals surface area contributed by atoms with Crippen molar-refractivity contribution in [1.29, 1.82) is 0 Å². The van der Waals surface area contributed by atoms with Crippen LogP contribution in [0.15, 0.2) is 18.2 Å². The molecule has 3 rings (SSSR count). The Morgan fingerprint density at radius 1 is 1.48 bits per heavy atom. The van der Waals surface area contributed by atoms with Crippen LogP contribution in [0.25, 0.3) is 0 Å². The Hall–Kier alpha value is -1.26. The summed E-state index contributed by atoms with van der Waals surface area (Å²) in [6.07, 6.45) is -0.216. The van der Waals surface area contributed by atoms with Crippen molar-refractivity contribution in [2.75, 3.05) is 11.5 Å². The minimum Gasteiger partial charge on any atom is -0.443 e. The zero-order valence-corrected chi connectivity index (χ0v) is 13.5. The zero-order chi connectivity index (χ0) is 15.4. The van der Waals surface area contributed by atoms with Gasteiger partial charge < -0.3 is 9.47 Å². The molecule has 1 saturated heterocycles. The largest absolute Gasteiger partial charge is 0.443 e. The summed E-state index contributed by atoms with van der Waals surface area (Å²) in [4.78, 5) is 13.5. The van der Waals surface area contributed by atoms with Crippen LogP contribution < -0.4 is 4.90 Å². The van der Waals surface area contributed by atoms with Gasteiger partial charge in [0.05, 0.1) is 12.3 Å². The van der Waals surface area contributed by atoms with Gasteiger partial charge in [0.25, 0.3) is 0 Å². The average molecular weight is 310 g/mol. The molecule has 0 bridgehead atoms. The lowest BCUT2D eigenvalue weighted by Crippen LogP contribution is -2.45. The van der Waals surface area contributed by atoms with Gasteiger partial charge in [0.2, 0.25) is 0 Å². The van der Waals surface area contributed by atoms with E-state index in [0.29, 0.717) is 13.0 Å². The molecule has 5 heteroatoms. The number of anilines is 1. The molecule has 2 aliphatic rings. The molecule has 0 spiro atoms. The van der Waals surface area contributed by atoms with E-state index < -0.39 is 22.8 Å². The number of benzene rings is 1. The molecule has 2 heterocycles. The highest BCUT2D eigenvalue weighted by molar-refractivity contribution is 6.27. The summed E-state index contributed by atoms with van der Waals surface area (Å²) < 4.78 is 11.3. The first kappa shape index (κ1) is 14.7. The summed E-state index contributed by atoms with van der Waals surface area (Å²) in [6.45, 7) is 8.06. The quantitative estimate of drug-likeness (QED) is 0.682. The van der Waals surface area contributed by atoms with E-state index in [-0.39, 0.29) is 0 Å². The molecule has 2 aliphatic heterocycles. The highest BCUT2D eigenvalue weighted by Crippen LogP contribution is 2.55. The molecule has 0 aliphatic carbocycles. The molecule has 0 unspecified atom stereocenters. The van der Waals surface area contributed by atoms with Crippen LogP contribution >= 0.6 is 11.6 Å². The SMILES string of the molecule is Cc1cccc2c1N(C(=O)OC(C)(C)C)[C@H]1OCC[C@@]21Cl. The van der Waals surface area contributed by atoms with Gasteiger partial charge in [0, 0.05) is 5.56 Å². The number of aryl methyl sites for hydroxylation is 1. The number of rotatable bonds is 0. The van der Waals surface area contributed by atoms with Gasteiger partial charge in [-0.2, -0.15) is 0 Å². The molecule has 0 radical (unpaired) electrons. The van der Waals surface area contributed by atoms with Crippen molar-refractivity contribution >= 4 is 23.4 Å². The van der Waals surface area contributed by atoms with Gasteiger partial charge >= 0.3 is 6.09 Å². The Balaban J connectivity index is 2.08. The predicted octanol–water partition coefficient (Wildman–Crippen LogP) is 3.93. The number of halogens is 1.